The molecular formula is C23H30F2N4O. The Hall–Kier alpha value is -2.04. The number of halogens is 2. The van der Waals surface area contributed by atoms with Crippen molar-refractivity contribution in [1.82, 2.24) is 15.5 Å². The van der Waals surface area contributed by atoms with Crippen LogP contribution in [-0.2, 0) is 11.2 Å². The number of benzene rings is 1. The Morgan fingerprint density at radius 3 is 2.50 bits per heavy atom. The van der Waals surface area contributed by atoms with Crippen molar-refractivity contribution in [2.75, 3.05) is 19.6 Å². The lowest BCUT2D eigenvalue weighted by atomic mass is 9.88. The molecular weight excluding hydrogens is 386 g/mol. The number of nitrogens with zero attached hydrogens (tertiary/aromatic N) is 2. The molecule has 3 aliphatic rings. The lowest BCUT2D eigenvalue weighted by Crippen LogP contribution is -2.50. The van der Waals surface area contributed by atoms with Crippen molar-refractivity contribution in [1.29, 1.82) is 5.26 Å². The van der Waals surface area contributed by atoms with Crippen LogP contribution < -0.4 is 10.6 Å². The van der Waals surface area contributed by atoms with Gasteiger partial charge in [0.15, 0.2) is 0 Å². The van der Waals surface area contributed by atoms with Crippen molar-refractivity contribution in [3.8, 4) is 6.07 Å². The average Bonchev–Trinajstić information content (AvgIpc) is 3.38. The van der Waals surface area contributed by atoms with Crippen LogP contribution in [0.15, 0.2) is 24.3 Å². The molecule has 0 radical (unpaired) electrons. The minimum atomic E-state index is -2.27. The number of nitrogens with one attached hydrogen (secondary N) is 2. The molecule has 30 heavy (non-hydrogen) atoms. The van der Waals surface area contributed by atoms with E-state index in [9.17, 15) is 18.8 Å². The van der Waals surface area contributed by atoms with Crippen molar-refractivity contribution in [2.24, 2.45) is 5.92 Å². The largest absolute Gasteiger partial charge is 0.339 e. The molecule has 2 bridgehead atoms. The molecule has 4 atom stereocenters. The molecule has 1 amide bonds. The lowest BCUT2D eigenvalue weighted by molar-refractivity contribution is -0.124. The van der Waals surface area contributed by atoms with Crippen LogP contribution in [0, 0.1) is 17.2 Å². The van der Waals surface area contributed by atoms with Gasteiger partial charge in [-0.1, -0.05) is 24.3 Å². The van der Waals surface area contributed by atoms with Crippen LogP contribution in [0.1, 0.15) is 49.1 Å². The summed E-state index contributed by atoms with van der Waals surface area (Å²) >= 11 is 0. The first-order valence-corrected chi connectivity index (χ1v) is 11.1. The fourth-order valence-electron chi connectivity index (χ4n) is 5.35. The van der Waals surface area contributed by atoms with E-state index in [1.165, 1.54) is 5.56 Å². The van der Waals surface area contributed by atoms with Gasteiger partial charge in [-0.25, -0.2) is 8.78 Å². The van der Waals surface area contributed by atoms with Crippen LogP contribution in [-0.4, -0.2) is 55.0 Å². The highest BCUT2D eigenvalue weighted by atomic mass is 19.3. The molecule has 2 saturated heterocycles. The van der Waals surface area contributed by atoms with Crippen molar-refractivity contribution >= 4 is 5.91 Å². The van der Waals surface area contributed by atoms with E-state index in [1.54, 1.807) is 0 Å². The quantitative estimate of drug-likeness (QED) is 0.717. The molecule has 3 fully saturated rings. The van der Waals surface area contributed by atoms with Crippen molar-refractivity contribution in [2.45, 2.75) is 69.0 Å². The summed E-state index contributed by atoms with van der Waals surface area (Å²) in [6, 6.07) is 10.2. The summed E-state index contributed by atoms with van der Waals surface area (Å²) in [5, 5.41) is 15.8. The Balaban J connectivity index is 1.27. The number of likely N-dealkylation sites (tertiary alicyclic amines) is 1. The maximum absolute atomic E-state index is 12.6. The van der Waals surface area contributed by atoms with Gasteiger partial charge >= 0.3 is 0 Å². The van der Waals surface area contributed by atoms with Crippen LogP contribution in [0.5, 0.6) is 0 Å². The number of piperidine rings is 2. The zero-order valence-corrected chi connectivity index (χ0v) is 17.2. The fourth-order valence-corrected chi connectivity index (χ4v) is 5.35. The van der Waals surface area contributed by atoms with Gasteiger partial charge in [-0.2, -0.15) is 5.26 Å². The van der Waals surface area contributed by atoms with E-state index < -0.39 is 12.5 Å². The second-order valence-corrected chi connectivity index (χ2v) is 9.02. The van der Waals surface area contributed by atoms with Gasteiger partial charge in [0.2, 0.25) is 5.91 Å². The first-order valence-electron chi connectivity index (χ1n) is 11.1. The SMILES string of the molecule is N#C[C@H](Cc1ccc(C2CCN(CC(F)F)CC2)cc1)NC(=O)[C@H]1NC2CC[C@H]1C2. The van der Waals surface area contributed by atoms with Crippen molar-refractivity contribution in [3.05, 3.63) is 35.4 Å². The Bertz CT molecular complexity index is 770. The second kappa shape index (κ2) is 9.40. The number of carbonyl (C=O) groups is 1. The number of fused-ring (bicyclic) bond motifs is 2. The smallest absolute Gasteiger partial charge is 0.251 e. The van der Waals surface area contributed by atoms with Gasteiger partial charge in [-0.15, -0.1) is 0 Å². The molecule has 1 saturated carbocycles. The molecule has 1 unspecified atom stereocenters. The van der Waals surface area contributed by atoms with E-state index in [0.717, 1.165) is 37.7 Å². The summed E-state index contributed by atoms with van der Waals surface area (Å²) in [6.45, 7) is 1.28. The van der Waals surface area contributed by atoms with Gasteiger partial charge in [0.1, 0.15) is 6.04 Å². The topological polar surface area (TPSA) is 68.2 Å². The van der Waals surface area contributed by atoms with Crippen molar-refractivity contribution < 1.29 is 13.6 Å². The summed E-state index contributed by atoms with van der Waals surface area (Å²) < 4.78 is 25.1. The molecule has 0 aromatic heterocycles. The van der Waals surface area contributed by atoms with Gasteiger partial charge in [0, 0.05) is 12.5 Å². The Morgan fingerprint density at radius 2 is 1.93 bits per heavy atom. The van der Waals surface area contributed by atoms with E-state index in [4.69, 9.17) is 0 Å². The van der Waals surface area contributed by atoms with Gasteiger partial charge in [0.05, 0.1) is 18.7 Å². The van der Waals surface area contributed by atoms with Crippen molar-refractivity contribution in [3.63, 3.8) is 0 Å². The molecule has 4 rings (SSSR count). The van der Waals surface area contributed by atoms with Gasteiger partial charge in [-0.3, -0.25) is 9.69 Å². The Labute approximate surface area is 176 Å². The third kappa shape index (κ3) is 4.98. The highest BCUT2D eigenvalue weighted by Crippen LogP contribution is 2.35. The number of carbonyl (C=O) groups excluding carboxylic acids is 1. The van der Waals surface area contributed by atoms with Crippen LogP contribution in [0.2, 0.25) is 0 Å². The summed E-state index contributed by atoms with van der Waals surface area (Å²) in [7, 11) is 0. The molecule has 1 aliphatic carbocycles. The maximum Gasteiger partial charge on any atom is 0.251 e. The maximum atomic E-state index is 12.6. The highest BCUT2D eigenvalue weighted by molar-refractivity contribution is 5.83. The summed E-state index contributed by atoms with van der Waals surface area (Å²) in [5.74, 6) is 0.741. The molecule has 2 aliphatic heterocycles. The van der Waals surface area contributed by atoms with Gasteiger partial charge in [0.25, 0.3) is 6.43 Å². The number of alkyl halides is 2. The van der Waals surface area contributed by atoms with Crippen LogP contribution in [0.4, 0.5) is 8.78 Å². The van der Waals surface area contributed by atoms with Crippen LogP contribution in [0.3, 0.4) is 0 Å². The Morgan fingerprint density at radius 1 is 1.20 bits per heavy atom. The third-order valence-electron chi connectivity index (χ3n) is 6.99. The monoisotopic (exact) mass is 416 g/mol. The molecule has 1 aromatic rings. The number of rotatable bonds is 7. The Kier molecular flexibility index (Phi) is 6.64. The third-order valence-corrected chi connectivity index (χ3v) is 6.99. The molecule has 2 N–H and O–H groups in total. The summed E-state index contributed by atoms with van der Waals surface area (Å²) in [4.78, 5) is 14.4. The van der Waals surface area contributed by atoms with E-state index >= 15 is 0 Å². The highest BCUT2D eigenvalue weighted by Gasteiger charge is 2.43. The average molecular weight is 417 g/mol. The minimum absolute atomic E-state index is 0.0547. The molecule has 1 aromatic carbocycles. The zero-order valence-electron chi connectivity index (χ0n) is 17.2. The second-order valence-electron chi connectivity index (χ2n) is 9.02. The number of nitriles is 1. The van der Waals surface area contributed by atoms with E-state index in [1.807, 2.05) is 17.0 Å². The molecule has 2 heterocycles. The predicted molar refractivity (Wildman–Crippen MR) is 110 cm³/mol. The number of hydrogen-bond donors (Lipinski definition) is 2. The van der Waals surface area contributed by atoms with E-state index in [-0.39, 0.29) is 18.5 Å². The van der Waals surface area contributed by atoms with Crippen LogP contribution >= 0.6 is 0 Å². The molecule has 162 valence electrons. The zero-order chi connectivity index (χ0) is 21.1. The molecule has 0 spiro atoms. The summed E-state index contributed by atoms with van der Waals surface area (Å²) in [5.41, 5.74) is 2.24. The first-order chi connectivity index (χ1) is 14.5. The first kappa shape index (κ1) is 21.2. The van der Waals surface area contributed by atoms with E-state index in [2.05, 4.69) is 28.8 Å². The number of amides is 1. The normalized spacial score (nSPS) is 27.9. The molecule has 7 heteroatoms. The lowest BCUT2D eigenvalue weighted by Gasteiger charge is -2.32. The van der Waals surface area contributed by atoms with Gasteiger partial charge < -0.3 is 10.6 Å². The van der Waals surface area contributed by atoms with E-state index in [0.29, 0.717) is 37.4 Å². The predicted octanol–water partition coefficient (Wildman–Crippen LogP) is 2.82. The summed E-state index contributed by atoms with van der Waals surface area (Å²) in [6.07, 6.45) is 3.30. The van der Waals surface area contributed by atoms with Crippen LogP contribution in [0.25, 0.3) is 0 Å². The standard InChI is InChI=1S/C23H30F2N4O/c24-21(25)14-29-9-7-17(8-10-29)16-3-1-15(2-4-16)11-20(13-26)28-23(30)22-18-5-6-19(12-18)27-22/h1-4,17-22,27H,5-12,14H2,(H,28,30)/t18-,19?,20-,22-/m0/s1. The number of hydrogen-bond acceptors (Lipinski definition) is 4. The fraction of sp³-hybridized carbons (Fsp3) is 0.652. The molecule has 5 nitrogen and oxygen atoms in total. The van der Waals surface area contributed by atoms with Gasteiger partial charge in [-0.05, 0) is 68.2 Å². The minimum Gasteiger partial charge on any atom is -0.339 e.